The van der Waals surface area contributed by atoms with Gasteiger partial charge in [-0.25, -0.2) is 0 Å². The zero-order chi connectivity index (χ0) is 11.1. The molecule has 0 aromatic carbocycles. The number of nitrogens with zero attached hydrogens (tertiary/aromatic N) is 2. The SMILES string of the molecule is CCOC1CCCN(CCC(N)=NO)C1. The van der Waals surface area contributed by atoms with Crippen LogP contribution in [0.2, 0.25) is 0 Å². The summed E-state index contributed by atoms with van der Waals surface area (Å²) in [5, 5.41) is 11.4. The molecule has 5 nitrogen and oxygen atoms in total. The Morgan fingerprint density at radius 3 is 3.13 bits per heavy atom. The van der Waals surface area contributed by atoms with Gasteiger partial charge in [0.2, 0.25) is 0 Å². The molecule has 0 radical (unpaired) electrons. The van der Waals surface area contributed by atoms with Crippen LogP contribution in [0.3, 0.4) is 0 Å². The Morgan fingerprint density at radius 2 is 2.47 bits per heavy atom. The van der Waals surface area contributed by atoms with Gasteiger partial charge in [0.15, 0.2) is 0 Å². The second-order valence-electron chi connectivity index (χ2n) is 3.86. The summed E-state index contributed by atoms with van der Waals surface area (Å²) in [6.45, 7) is 5.70. The van der Waals surface area contributed by atoms with Gasteiger partial charge in [0.1, 0.15) is 5.84 Å². The van der Waals surface area contributed by atoms with Crippen LogP contribution in [0, 0.1) is 0 Å². The zero-order valence-corrected chi connectivity index (χ0v) is 9.35. The van der Waals surface area contributed by atoms with Crippen LogP contribution in [0.25, 0.3) is 0 Å². The van der Waals surface area contributed by atoms with E-state index in [1.807, 2.05) is 6.92 Å². The molecule has 1 unspecified atom stereocenters. The molecule has 1 heterocycles. The lowest BCUT2D eigenvalue weighted by Crippen LogP contribution is -2.41. The van der Waals surface area contributed by atoms with Crippen molar-refractivity contribution in [3.05, 3.63) is 0 Å². The number of ether oxygens (including phenoxy) is 1. The second-order valence-corrected chi connectivity index (χ2v) is 3.86. The molecule has 5 heteroatoms. The van der Waals surface area contributed by atoms with Crippen LogP contribution in [0.4, 0.5) is 0 Å². The highest BCUT2D eigenvalue weighted by atomic mass is 16.5. The van der Waals surface area contributed by atoms with E-state index in [4.69, 9.17) is 15.7 Å². The number of oxime groups is 1. The van der Waals surface area contributed by atoms with E-state index in [1.54, 1.807) is 0 Å². The van der Waals surface area contributed by atoms with Crippen LogP contribution in [-0.4, -0.2) is 48.3 Å². The average molecular weight is 215 g/mol. The topological polar surface area (TPSA) is 71.1 Å². The Hall–Kier alpha value is -0.810. The first-order valence-corrected chi connectivity index (χ1v) is 5.56. The van der Waals surface area contributed by atoms with Gasteiger partial charge < -0.3 is 20.6 Å². The predicted octanol–water partition coefficient (Wildman–Crippen LogP) is 0.624. The van der Waals surface area contributed by atoms with E-state index in [9.17, 15) is 0 Å². The van der Waals surface area contributed by atoms with E-state index in [-0.39, 0.29) is 0 Å². The fourth-order valence-corrected chi connectivity index (χ4v) is 1.91. The molecule has 1 atom stereocenters. The van der Waals surface area contributed by atoms with Gasteiger partial charge in [0.05, 0.1) is 6.10 Å². The quantitative estimate of drug-likeness (QED) is 0.305. The van der Waals surface area contributed by atoms with Crippen molar-refractivity contribution in [3.63, 3.8) is 0 Å². The molecule has 15 heavy (non-hydrogen) atoms. The summed E-state index contributed by atoms with van der Waals surface area (Å²) in [5.41, 5.74) is 5.43. The van der Waals surface area contributed by atoms with Crippen molar-refractivity contribution in [2.75, 3.05) is 26.2 Å². The number of likely N-dealkylation sites (tertiary alicyclic amines) is 1. The maximum Gasteiger partial charge on any atom is 0.140 e. The standard InChI is InChI=1S/C10H21N3O2/c1-2-15-9-4-3-6-13(8-9)7-5-10(11)12-14/h9,14H,2-8H2,1H3,(H2,11,12). The first kappa shape index (κ1) is 12.3. The summed E-state index contributed by atoms with van der Waals surface area (Å²) < 4.78 is 5.59. The van der Waals surface area contributed by atoms with E-state index < -0.39 is 0 Å². The Balaban J connectivity index is 2.24. The number of hydrogen-bond acceptors (Lipinski definition) is 4. The van der Waals surface area contributed by atoms with Crippen molar-refractivity contribution in [2.45, 2.75) is 32.3 Å². The Morgan fingerprint density at radius 1 is 1.67 bits per heavy atom. The van der Waals surface area contributed by atoms with Crippen molar-refractivity contribution in [1.82, 2.24) is 4.90 Å². The van der Waals surface area contributed by atoms with E-state index >= 15 is 0 Å². The Kier molecular flexibility index (Phi) is 5.42. The lowest BCUT2D eigenvalue weighted by Gasteiger charge is -2.32. The molecular formula is C10H21N3O2. The van der Waals surface area contributed by atoms with Gasteiger partial charge in [-0.2, -0.15) is 0 Å². The fraction of sp³-hybridized carbons (Fsp3) is 0.900. The number of nitrogens with two attached hydrogens (primary N) is 1. The molecular weight excluding hydrogens is 194 g/mol. The molecule has 0 aromatic heterocycles. The molecule has 1 aliphatic heterocycles. The molecule has 1 saturated heterocycles. The van der Waals surface area contributed by atoms with Crippen LogP contribution >= 0.6 is 0 Å². The van der Waals surface area contributed by atoms with Crippen LogP contribution in [0.5, 0.6) is 0 Å². The molecule has 0 bridgehead atoms. The van der Waals surface area contributed by atoms with Crippen molar-refractivity contribution in [2.24, 2.45) is 10.9 Å². The summed E-state index contributed by atoms with van der Waals surface area (Å²) in [6, 6.07) is 0. The Bertz CT molecular complexity index is 207. The first-order valence-electron chi connectivity index (χ1n) is 5.56. The average Bonchev–Trinajstić information content (AvgIpc) is 2.27. The third-order valence-corrected chi connectivity index (χ3v) is 2.68. The molecule has 0 amide bonds. The van der Waals surface area contributed by atoms with Gasteiger partial charge >= 0.3 is 0 Å². The fourth-order valence-electron chi connectivity index (χ4n) is 1.91. The third kappa shape index (κ3) is 4.48. The van der Waals surface area contributed by atoms with E-state index in [0.29, 0.717) is 18.4 Å². The molecule has 0 aromatic rings. The van der Waals surface area contributed by atoms with Crippen LogP contribution < -0.4 is 5.73 Å². The van der Waals surface area contributed by atoms with E-state index in [1.165, 1.54) is 6.42 Å². The Labute approximate surface area is 90.9 Å². The first-order chi connectivity index (χ1) is 7.26. The van der Waals surface area contributed by atoms with E-state index in [0.717, 1.165) is 32.7 Å². The summed E-state index contributed by atoms with van der Waals surface area (Å²) in [7, 11) is 0. The number of hydrogen-bond donors (Lipinski definition) is 2. The number of rotatable bonds is 5. The highest BCUT2D eigenvalue weighted by Gasteiger charge is 2.19. The maximum absolute atomic E-state index is 8.42. The lowest BCUT2D eigenvalue weighted by atomic mass is 10.1. The minimum Gasteiger partial charge on any atom is -0.409 e. The van der Waals surface area contributed by atoms with E-state index in [2.05, 4.69) is 10.1 Å². The largest absolute Gasteiger partial charge is 0.409 e. The third-order valence-electron chi connectivity index (χ3n) is 2.68. The lowest BCUT2D eigenvalue weighted by molar-refractivity contribution is 0.00671. The van der Waals surface area contributed by atoms with Gasteiger partial charge in [-0.1, -0.05) is 5.16 Å². The van der Waals surface area contributed by atoms with Gasteiger partial charge in [0, 0.05) is 26.1 Å². The summed E-state index contributed by atoms with van der Waals surface area (Å²) in [6.07, 6.45) is 3.29. The molecule has 1 rings (SSSR count). The molecule has 3 N–H and O–H groups in total. The summed E-state index contributed by atoms with van der Waals surface area (Å²) in [4.78, 5) is 2.31. The van der Waals surface area contributed by atoms with Crippen molar-refractivity contribution < 1.29 is 9.94 Å². The molecule has 0 saturated carbocycles. The highest BCUT2D eigenvalue weighted by molar-refractivity contribution is 5.79. The maximum atomic E-state index is 8.42. The smallest absolute Gasteiger partial charge is 0.140 e. The summed E-state index contributed by atoms with van der Waals surface area (Å²) >= 11 is 0. The normalized spacial score (nSPS) is 24.3. The van der Waals surface area contributed by atoms with Crippen molar-refractivity contribution >= 4 is 5.84 Å². The molecule has 0 spiro atoms. The zero-order valence-electron chi connectivity index (χ0n) is 9.35. The number of amidine groups is 1. The molecule has 88 valence electrons. The molecule has 0 aliphatic carbocycles. The van der Waals surface area contributed by atoms with Crippen molar-refractivity contribution in [1.29, 1.82) is 0 Å². The summed E-state index contributed by atoms with van der Waals surface area (Å²) in [5.74, 6) is 0.300. The monoisotopic (exact) mass is 215 g/mol. The highest BCUT2D eigenvalue weighted by Crippen LogP contribution is 2.13. The molecule has 1 aliphatic rings. The van der Waals surface area contributed by atoms with Gasteiger partial charge in [-0.3, -0.25) is 0 Å². The van der Waals surface area contributed by atoms with Gasteiger partial charge in [-0.15, -0.1) is 0 Å². The minimum absolute atomic E-state index is 0.300. The molecule has 1 fully saturated rings. The van der Waals surface area contributed by atoms with Crippen molar-refractivity contribution in [3.8, 4) is 0 Å². The predicted molar refractivity (Wildman–Crippen MR) is 59.1 cm³/mol. The number of piperidine rings is 1. The van der Waals surface area contributed by atoms with Crippen LogP contribution in [-0.2, 0) is 4.74 Å². The minimum atomic E-state index is 0.300. The second kappa shape index (κ2) is 6.63. The van der Waals surface area contributed by atoms with Crippen LogP contribution in [0.1, 0.15) is 26.2 Å². The van der Waals surface area contributed by atoms with Crippen LogP contribution in [0.15, 0.2) is 5.16 Å². The van der Waals surface area contributed by atoms with Gasteiger partial charge in [0.25, 0.3) is 0 Å². The van der Waals surface area contributed by atoms with Gasteiger partial charge in [-0.05, 0) is 26.3 Å².